The molecule has 2 atom stereocenters. The van der Waals surface area contributed by atoms with Crippen LogP contribution in [0.5, 0.6) is 11.5 Å². The minimum atomic E-state index is -0.840. The highest BCUT2D eigenvalue weighted by atomic mass is 16.7. The molecule has 144 valence electrons. The van der Waals surface area contributed by atoms with E-state index >= 15 is 0 Å². The van der Waals surface area contributed by atoms with Gasteiger partial charge in [0.2, 0.25) is 12.7 Å². The van der Waals surface area contributed by atoms with Gasteiger partial charge in [-0.25, -0.2) is 4.79 Å². The second kappa shape index (κ2) is 6.75. The molecular formula is C19H23N3O5. The maximum absolute atomic E-state index is 12.9. The highest BCUT2D eigenvalue weighted by Crippen LogP contribution is 2.38. The van der Waals surface area contributed by atoms with Crippen LogP contribution in [0.2, 0.25) is 0 Å². The average molecular weight is 373 g/mol. The maximum atomic E-state index is 12.9. The summed E-state index contributed by atoms with van der Waals surface area (Å²) < 4.78 is 10.6. The smallest absolute Gasteiger partial charge is 0.325 e. The zero-order valence-corrected chi connectivity index (χ0v) is 15.2. The molecule has 1 aromatic carbocycles. The van der Waals surface area contributed by atoms with Crippen molar-refractivity contribution in [2.24, 2.45) is 5.92 Å². The Morgan fingerprint density at radius 3 is 2.93 bits per heavy atom. The van der Waals surface area contributed by atoms with Gasteiger partial charge in [0.25, 0.3) is 5.91 Å². The van der Waals surface area contributed by atoms with Crippen molar-refractivity contribution in [2.75, 3.05) is 13.3 Å². The van der Waals surface area contributed by atoms with Gasteiger partial charge in [0.05, 0.1) is 0 Å². The number of ether oxygens (including phenoxy) is 2. The second-order valence-electron chi connectivity index (χ2n) is 7.40. The zero-order chi connectivity index (χ0) is 19.0. The van der Waals surface area contributed by atoms with Crippen LogP contribution in [0.4, 0.5) is 4.79 Å². The summed E-state index contributed by atoms with van der Waals surface area (Å²) in [4.78, 5) is 38.5. The van der Waals surface area contributed by atoms with E-state index in [1.54, 1.807) is 12.1 Å². The molecule has 27 heavy (non-hydrogen) atoms. The first-order valence-electron chi connectivity index (χ1n) is 9.29. The van der Waals surface area contributed by atoms with E-state index in [0.717, 1.165) is 29.7 Å². The Labute approximate surface area is 157 Å². The molecule has 8 nitrogen and oxygen atoms in total. The van der Waals surface area contributed by atoms with E-state index in [1.165, 1.54) is 0 Å². The standard InChI is InChI=1S/C19H23N3O5/c1-12-4-2-3-7-19(12)17(24)22(18(25)21-19)10-16(23)20-9-13-5-6-14-15(8-13)27-11-26-14/h5-6,8,12H,2-4,7,9-11H2,1H3,(H,20,23)(H,21,25)/t12-,19-/m0/s1. The molecule has 0 radical (unpaired) electrons. The van der Waals surface area contributed by atoms with Crippen LogP contribution in [-0.2, 0) is 16.1 Å². The van der Waals surface area contributed by atoms with E-state index in [9.17, 15) is 14.4 Å². The molecule has 1 spiro atoms. The molecular weight excluding hydrogens is 350 g/mol. The van der Waals surface area contributed by atoms with Gasteiger partial charge in [0.1, 0.15) is 12.1 Å². The fourth-order valence-corrected chi connectivity index (χ4v) is 4.09. The molecule has 3 aliphatic rings. The van der Waals surface area contributed by atoms with Crippen molar-refractivity contribution in [2.45, 2.75) is 44.7 Å². The number of benzene rings is 1. The number of carbonyl (C=O) groups excluding carboxylic acids is 3. The summed E-state index contributed by atoms with van der Waals surface area (Å²) in [7, 11) is 0. The van der Waals surface area contributed by atoms with Gasteiger partial charge >= 0.3 is 6.03 Å². The Balaban J connectivity index is 1.36. The lowest BCUT2D eigenvalue weighted by atomic mass is 9.73. The van der Waals surface area contributed by atoms with Crippen LogP contribution >= 0.6 is 0 Å². The van der Waals surface area contributed by atoms with E-state index < -0.39 is 11.6 Å². The van der Waals surface area contributed by atoms with Crippen LogP contribution in [0.1, 0.15) is 38.2 Å². The van der Waals surface area contributed by atoms with Crippen LogP contribution in [0, 0.1) is 5.92 Å². The molecule has 1 aliphatic carbocycles. The molecule has 2 heterocycles. The van der Waals surface area contributed by atoms with E-state index in [-0.39, 0.29) is 37.6 Å². The van der Waals surface area contributed by atoms with E-state index in [2.05, 4.69) is 10.6 Å². The molecule has 0 aromatic heterocycles. The van der Waals surface area contributed by atoms with Crippen molar-refractivity contribution in [3.8, 4) is 11.5 Å². The van der Waals surface area contributed by atoms with Crippen LogP contribution < -0.4 is 20.1 Å². The lowest BCUT2D eigenvalue weighted by molar-refractivity contribution is -0.137. The first kappa shape index (κ1) is 17.6. The highest BCUT2D eigenvalue weighted by Gasteiger charge is 2.55. The molecule has 2 fully saturated rings. The molecule has 1 aromatic rings. The van der Waals surface area contributed by atoms with Gasteiger partial charge in [0, 0.05) is 6.54 Å². The van der Waals surface area contributed by atoms with Crippen LogP contribution in [-0.4, -0.2) is 41.6 Å². The lowest BCUT2D eigenvalue weighted by Crippen LogP contribution is -2.54. The van der Waals surface area contributed by atoms with E-state index in [1.807, 2.05) is 13.0 Å². The highest BCUT2D eigenvalue weighted by molar-refractivity contribution is 6.09. The summed E-state index contributed by atoms with van der Waals surface area (Å²) in [5.74, 6) is 0.736. The van der Waals surface area contributed by atoms with Gasteiger partial charge in [-0.15, -0.1) is 0 Å². The summed E-state index contributed by atoms with van der Waals surface area (Å²) >= 11 is 0. The van der Waals surface area contributed by atoms with E-state index in [0.29, 0.717) is 17.9 Å². The summed E-state index contributed by atoms with van der Waals surface area (Å²) in [6.07, 6.45) is 3.49. The third kappa shape index (κ3) is 3.09. The number of hydrogen-bond acceptors (Lipinski definition) is 5. The molecule has 2 N–H and O–H groups in total. The van der Waals surface area contributed by atoms with E-state index in [4.69, 9.17) is 9.47 Å². The first-order valence-corrected chi connectivity index (χ1v) is 9.29. The molecule has 2 aliphatic heterocycles. The molecule has 4 amide bonds. The molecule has 4 rings (SSSR count). The van der Waals surface area contributed by atoms with Crippen molar-refractivity contribution in [1.82, 2.24) is 15.5 Å². The number of fused-ring (bicyclic) bond motifs is 1. The molecule has 0 bridgehead atoms. The number of nitrogens with zero attached hydrogens (tertiary/aromatic N) is 1. The third-order valence-corrected chi connectivity index (χ3v) is 5.73. The van der Waals surface area contributed by atoms with Gasteiger partial charge in [0.15, 0.2) is 11.5 Å². The first-order chi connectivity index (χ1) is 13.0. The second-order valence-corrected chi connectivity index (χ2v) is 7.40. The van der Waals surface area contributed by atoms with Gasteiger partial charge in [-0.05, 0) is 36.5 Å². The number of hydrogen-bond donors (Lipinski definition) is 2. The van der Waals surface area contributed by atoms with Crippen molar-refractivity contribution < 1.29 is 23.9 Å². The Morgan fingerprint density at radius 1 is 1.30 bits per heavy atom. The molecule has 1 saturated carbocycles. The quantitative estimate of drug-likeness (QED) is 0.780. The number of carbonyl (C=O) groups is 3. The molecule has 1 saturated heterocycles. The summed E-state index contributed by atoms with van der Waals surface area (Å²) in [6.45, 7) is 2.18. The predicted octanol–water partition coefficient (Wildman–Crippen LogP) is 1.53. The summed E-state index contributed by atoms with van der Waals surface area (Å²) in [5.41, 5.74) is 0.00889. The molecule has 8 heteroatoms. The fourth-order valence-electron chi connectivity index (χ4n) is 4.09. The number of rotatable bonds is 4. The number of urea groups is 1. The number of imide groups is 1. The third-order valence-electron chi connectivity index (χ3n) is 5.73. The van der Waals surface area contributed by atoms with Gasteiger partial charge in [-0.2, -0.15) is 0 Å². The Bertz CT molecular complexity index is 796. The number of amides is 4. The lowest BCUT2D eigenvalue weighted by Gasteiger charge is -2.36. The Kier molecular flexibility index (Phi) is 4.41. The topological polar surface area (TPSA) is 97.0 Å². The predicted molar refractivity (Wildman–Crippen MR) is 95.0 cm³/mol. The van der Waals surface area contributed by atoms with Crippen LogP contribution in [0.15, 0.2) is 18.2 Å². The number of nitrogens with one attached hydrogen (secondary N) is 2. The maximum Gasteiger partial charge on any atom is 0.325 e. The van der Waals surface area contributed by atoms with Crippen LogP contribution in [0.25, 0.3) is 0 Å². The Hall–Kier alpha value is -2.77. The minimum absolute atomic E-state index is 0.0735. The van der Waals surface area contributed by atoms with Gasteiger partial charge in [-0.1, -0.05) is 25.8 Å². The fraction of sp³-hybridized carbons (Fsp3) is 0.526. The van der Waals surface area contributed by atoms with Crippen LogP contribution in [0.3, 0.4) is 0 Å². The van der Waals surface area contributed by atoms with Crippen molar-refractivity contribution >= 4 is 17.8 Å². The summed E-state index contributed by atoms with van der Waals surface area (Å²) in [5, 5.41) is 5.60. The SMILES string of the molecule is C[C@H]1CCCC[C@]12NC(=O)N(CC(=O)NCc1ccc3c(c1)OCO3)C2=O. The molecule has 0 unspecified atom stereocenters. The Morgan fingerprint density at radius 2 is 2.11 bits per heavy atom. The largest absolute Gasteiger partial charge is 0.454 e. The monoisotopic (exact) mass is 373 g/mol. The van der Waals surface area contributed by atoms with Crippen molar-refractivity contribution in [3.05, 3.63) is 23.8 Å². The normalized spacial score (nSPS) is 26.4. The minimum Gasteiger partial charge on any atom is -0.454 e. The van der Waals surface area contributed by atoms with Crippen molar-refractivity contribution in [1.29, 1.82) is 0 Å². The van der Waals surface area contributed by atoms with Gasteiger partial charge < -0.3 is 20.1 Å². The zero-order valence-electron chi connectivity index (χ0n) is 15.2. The average Bonchev–Trinajstić information content (AvgIpc) is 3.21. The van der Waals surface area contributed by atoms with Gasteiger partial charge in [-0.3, -0.25) is 14.5 Å². The summed E-state index contributed by atoms with van der Waals surface area (Å²) in [6, 6.07) is 4.94. The van der Waals surface area contributed by atoms with Crippen molar-refractivity contribution in [3.63, 3.8) is 0 Å².